The molecule has 0 spiro atoms. The smallest absolute Gasteiger partial charge is 0.155 e. The molecular formula is C12H12ClFN2O. The number of carbonyl (C=O) groups excluding carboxylic acids is 1. The number of benzene rings is 1. The molecule has 3 nitrogen and oxygen atoms in total. The third kappa shape index (κ3) is 2.64. The molecule has 2 N–H and O–H groups in total. The average molecular weight is 255 g/mol. The summed E-state index contributed by atoms with van der Waals surface area (Å²) in [6.07, 6.45) is 2.17. The number of nitrogens with one attached hydrogen (secondary N) is 2. The van der Waals surface area contributed by atoms with E-state index in [4.69, 9.17) is 17.0 Å². The summed E-state index contributed by atoms with van der Waals surface area (Å²) < 4.78 is 13.0. The second kappa shape index (κ2) is 4.84. The standard InChI is InChI=1S/C12H12ClFN2O/c13-8-6-7(4-5-9(8)14)12(15)16-10-2-1-3-11(10)17/h4-6,10H,1-3H2,(H2,15,16). The minimum Gasteiger partial charge on any atom is -0.360 e. The summed E-state index contributed by atoms with van der Waals surface area (Å²) in [6.45, 7) is 0. The van der Waals surface area contributed by atoms with Gasteiger partial charge in [0.1, 0.15) is 11.7 Å². The third-order valence-electron chi connectivity index (χ3n) is 2.83. The van der Waals surface area contributed by atoms with Gasteiger partial charge in [-0.1, -0.05) is 11.6 Å². The van der Waals surface area contributed by atoms with Crippen LogP contribution in [0.2, 0.25) is 5.02 Å². The van der Waals surface area contributed by atoms with Crippen LogP contribution >= 0.6 is 11.6 Å². The maximum atomic E-state index is 13.0. The predicted molar refractivity (Wildman–Crippen MR) is 64.0 cm³/mol. The first-order valence-corrected chi connectivity index (χ1v) is 5.79. The number of hydrogen-bond acceptors (Lipinski definition) is 2. The summed E-state index contributed by atoms with van der Waals surface area (Å²) in [4.78, 5) is 11.4. The number of carbonyl (C=O) groups is 1. The third-order valence-corrected chi connectivity index (χ3v) is 3.12. The Hall–Kier alpha value is -1.42. The number of hydrogen-bond donors (Lipinski definition) is 2. The zero-order valence-corrected chi connectivity index (χ0v) is 9.85. The normalized spacial score (nSPS) is 19.4. The SMILES string of the molecule is N=C(NC1CCCC1=O)c1ccc(F)c(Cl)c1. The van der Waals surface area contributed by atoms with Crippen molar-refractivity contribution in [3.05, 3.63) is 34.6 Å². The Morgan fingerprint density at radius 3 is 2.88 bits per heavy atom. The fourth-order valence-electron chi connectivity index (χ4n) is 1.88. The molecule has 5 heteroatoms. The Labute approximate surface area is 103 Å². The van der Waals surface area contributed by atoms with E-state index in [1.807, 2.05) is 0 Å². The van der Waals surface area contributed by atoms with Crippen molar-refractivity contribution in [1.82, 2.24) is 5.32 Å². The average Bonchev–Trinajstić information content (AvgIpc) is 2.68. The highest BCUT2D eigenvalue weighted by molar-refractivity contribution is 6.31. The van der Waals surface area contributed by atoms with Crippen molar-refractivity contribution in [1.29, 1.82) is 5.41 Å². The first-order valence-electron chi connectivity index (χ1n) is 5.41. The van der Waals surface area contributed by atoms with Gasteiger partial charge in [0.15, 0.2) is 5.78 Å². The molecule has 0 heterocycles. The molecule has 0 radical (unpaired) electrons. The molecule has 1 aliphatic carbocycles. The number of amidine groups is 1. The molecule has 1 unspecified atom stereocenters. The molecule has 0 aliphatic heterocycles. The van der Waals surface area contributed by atoms with Crippen LogP contribution in [0, 0.1) is 11.2 Å². The van der Waals surface area contributed by atoms with Crippen molar-refractivity contribution < 1.29 is 9.18 Å². The molecule has 1 saturated carbocycles. The monoisotopic (exact) mass is 254 g/mol. The van der Waals surface area contributed by atoms with E-state index in [1.165, 1.54) is 18.2 Å². The molecular weight excluding hydrogens is 243 g/mol. The highest BCUT2D eigenvalue weighted by Gasteiger charge is 2.25. The van der Waals surface area contributed by atoms with Crippen LogP contribution in [0.1, 0.15) is 24.8 Å². The number of Topliss-reactive ketones (excluding diaryl/α,β-unsaturated/α-hetero) is 1. The van der Waals surface area contributed by atoms with E-state index in [0.29, 0.717) is 12.0 Å². The van der Waals surface area contributed by atoms with E-state index in [1.54, 1.807) is 0 Å². The summed E-state index contributed by atoms with van der Waals surface area (Å²) in [5, 5.41) is 10.6. The fourth-order valence-corrected chi connectivity index (χ4v) is 2.06. The van der Waals surface area contributed by atoms with Gasteiger partial charge in [-0.15, -0.1) is 0 Å². The Morgan fingerprint density at radius 2 is 2.29 bits per heavy atom. The molecule has 1 atom stereocenters. The lowest BCUT2D eigenvalue weighted by molar-refractivity contribution is -0.118. The van der Waals surface area contributed by atoms with Gasteiger partial charge in [0.2, 0.25) is 0 Å². The molecule has 1 aromatic rings. The quantitative estimate of drug-likeness (QED) is 0.629. The molecule has 1 fully saturated rings. The molecule has 1 aromatic carbocycles. The first-order chi connectivity index (χ1) is 8.08. The van der Waals surface area contributed by atoms with Gasteiger partial charge in [-0.05, 0) is 31.0 Å². The van der Waals surface area contributed by atoms with Crippen molar-refractivity contribution in [3.63, 3.8) is 0 Å². The lowest BCUT2D eigenvalue weighted by Crippen LogP contribution is -2.37. The van der Waals surface area contributed by atoms with Gasteiger partial charge in [0, 0.05) is 12.0 Å². The van der Waals surface area contributed by atoms with E-state index >= 15 is 0 Å². The van der Waals surface area contributed by atoms with Crippen LogP contribution in [0.25, 0.3) is 0 Å². The second-order valence-electron chi connectivity index (χ2n) is 4.06. The Bertz CT molecular complexity index is 476. The van der Waals surface area contributed by atoms with E-state index in [2.05, 4.69) is 5.32 Å². The molecule has 90 valence electrons. The number of ketones is 1. The second-order valence-corrected chi connectivity index (χ2v) is 4.47. The molecule has 17 heavy (non-hydrogen) atoms. The molecule has 0 saturated heterocycles. The molecule has 2 rings (SSSR count). The predicted octanol–water partition coefficient (Wildman–Crippen LogP) is 2.52. The largest absolute Gasteiger partial charge is 0.360 e. The van der Waals surface area contributed by atoms with Gasteiger partial charge < -0.3 is 5.32 Å². The van der Waals surface area contributed by atoms with E-state index < -0.39 is 5.82 Å². The van der Waals surface area contributed by atoms with Crippen LogP contribution in [0.3, 0.4) is 0 Å². The van der Waals surface area contributed by atoms with Crippen molar-refractivity contribution in [2.75, 3.05) is 0 Å². The minimum atomic E-state index is -0.514. The van der Waals surface area contributed by atoms with Crippen LogP contribution in [0.5, 0.6) is 0 Å². The zero-order valence-electron chi connectivity index (χ0n) is 9.09. The number of rotatable bonds is 2. The van der Waals surface area contributed by atoms with Gasteiger partial charge in [0.25, 0.3) is 0 Å². The van der Waals surface area contributed by atoms with Crippen molar-refractivity contribution >= 4 is 23.2 Å². The van der Waals surface area contributed by atoms with Crippen LogP contribution in [-0.2, 0) is 4.79 Å². The number of halogens is 2. The summed E-state index contributed by atoms with van der Waals surface area (Å²) >= 11 is 5.64. The first kappa shape index (κ1) is 12.0. The summed E-state index contributed by atoms with van der Waals surface area (Å²) in [7, 11) is 0. The minimum absolute atomic E-state index is 0.0215. The zero-order chi connectivity index (χ0) is 12.4. The van der Waals surface area contributed by atoms with E-state index in [0.717, 1.165) is 12.8 Å². The lowest BCUT2D eigenvalue weighted by Gasteiger charge is -2.13. The summed E-state index contributed by atoms with van der Waals surface area (Å²) in [5.74, 6) is -0.282. The molecule has 0 amide bonds. The summed E-state index contributed by atoms with van der Waals surface area (Å²) in [5.41, 5.74) is 0.483. The summed E-state index contributed by atoms with van der Waals surface area (Å²) in [6, 6.07) is 3.78. The van der Waals surface area contributed by atoms with Gasteiger partial charge in [0.05, 0.1) is 11.1 Å². The van der Waals surface area contributed by atoms with Crippen LogP contribution in [0.15, 0.2) is 18.2 Å². The molecule has 0 aromatic heterocycles. The van der Waals surface area contributed by atoms with Gasteiger partial charge in [-0.2, -0.15) is 0 Å². The lowest BCUT2D eigenvalue weighted by atomic mass is 10.1. The van der Waals surface area contributed by atoms with Crippen molar-refractivity contribution in [3.8, 4) is 0 Å². The van der Waals surface area contributed by atoms with Gasteiger partial charge in [-0.25, -0.2) is 4.39 Å². The van der Waals surface area contributed by atoms with Crippen molar-refractivity contribution in [2.24, 2.45) is 0 Å². The Kier molecular flexibility index (Phi) is 3.43. The van der Waals surface area contributed by atoms with Gasteiger partial charge in [-0.3, -0.25) is 10.2 Å². The Balaban J connectivity index is 2.09. The maximum Gasteiger partial charge on any atom is 0.155 e. The molecule has 0 bridgehead atoms. The Morgan fingerprint density at radius 1 is 1.53 bits per heavy atom. The topological polar surface area (TPSA) is 53.0 Å². The molecule has 1 aliphatic rings. The fraction of sp³-hybridized carbons (Fsp3) is 0.333. The van der Waals surface area contributed by atoms with Gasteiger partial charge >= 0.3 is 0 Å². The van der Waals surface area contributed by atoms with E-state index in [-0.39, 0.29) is 22.7 Å². The van der Waals surface area contributed by atoms with Crippen LogP contribution in [-0.4, -0.2) is 17.7 Å². The highest BCUT2D eigenvalue weighted by atomic mass is 35.5. The van der Waals surface area contributed by atoms with Crippen LogP contribution < -0.4 is 5.32 Å². The van der Waals surface area contributed by atoms with Crippen LogP contribution in [0.4, 0.5) is 4.39 Å². The highest BCUT2D eigenvalue weighted by Crippen LogP contribution is 2.18. The van der Waals surface area contributed by atoms with E-state index in [9.17, 15) is 9.18 Å². The van der Waals surface area contributed by atoms with Crippen molar-refractivity contribution in [2.45, 2.75) is 25.3 Å². The maximum absolute atomic E-state index is 13.0.